The van der Waals surface area contributed by atoms with Gasteiger partial charge >= 0.3 is 6.03 Å². The zero-order valence-corrected chi connectivity index (χ0v) is 9.04. The van der Waals surface area contributed by atoms with Crippen LogP contribution in [0, 0.1) is 0 Å². The molecule has 1 rings (SSSR count). The molecule has 1 unspecified atom stereocenters. The normalized spacial score (nSPS) is 12.5. The van der Waals surface area contributed by atoms with Crippen LogP contribution in [0.5, 0.6) is 0 Å². The van der Waals surface area contributed by atoms with E-state index in [9.17, 15) is 4.79 Å². The third-order valence-corrected chi connectivity index (χ3v) is 2.12. The van der Waals surface area contributed by atoms with Crippen molar-refractivity contribution in [3.63, 3.8) is 0 Å². The van der Waals surface area contributed by atoms with Crippen molar-refractivity contribution in [2.24, 2.45) is 16.0 Å². The summed E-state index contributed by atoms with van der Waals surface area (Å²) in [6, 6.07) is 8.79. The first-order valence-electron chi connectivity index (χ1n) is 5.10. The first kappa shape index (κ1) is 12.1. The summed E-state index contributed by atoms with van der Waals surface area (Å²) in [4.78, 5) is 10.6. The average molecular weight is 217 g/mol. The number of benzene rings is 1. The van der Waals surface area contributed by atoms with E-state index in [0.717, 1.165) is 18.4 Å². The minimum Gasteiger partial charge on any atom is -0.348 e. The summed E-state index contributed by atoms with van der Waals surface area (Å²) in [5.41, 5.74) is 5.95. The Kier molecular flexibility index (Phi) is 4.92. The van der Waals surface area contributed by atoms with Crippen LogP contribution in [0.3, 0.4) is 0 Å². The van der Waals surface area contributed by atoms with Crippen LogP contribution in [-0.4, -0.2) is 6.03 Å². The second-order valence-electron chi connectivity index (χ2n) is 3.35. The maximum absolute atomic E-state index is 10.6. The molecule has 0 fully saturated rings. The van der Waals surface area contributed by atoms with Crippen molar-refractivity contribution < 1.29 is 4.79 Å². The number of nitrogens with two attached hydrogens (primary N) is 1. The lowest BCUT2D eigenvalue weighted by molar-refractivity contribution is 0.255. The molecule has 1 aromatic rings. The van der Waals surface area contributed by atoms with Gasteiger partial charge in [0.1, 0.15) is 0 Å². The highest BCUT2D eigenvalue weighted by Gasteiger charge is 2.08. The van der Waals surface area contributed by atoms with Crippen LogP contribution in [0.2, 0.25) is 0 Å². The summed E-state index contributed by atoms with van der Waals surface area (Å²) in [5, 5.41) is 7.32. The summed E-state index contributed by atoms with van der Waals surface area (Å²) < 4.78 is 0. The summed E-state index contributed by atoms with van der Waals surface area (Å²) in [6.45, 7) is 3.66. The number of hydrogen-bond acceptors (Lipinski definition) is 2. The molecule has 0 aliphatic heterocycles. The molecular weight excluding hydrogens is 202 g/mol. The Morgan fingerprint density at radius 2 is 2.12 bits per heavy atom. The van der Waals surface area contributed by atoms with Gasteiger partial charge in [0, 0.05) is 0 Å². The van der Waals surface area contributed by atoms with E-state index in [1.165, 1.54) is 0 Å². The average Bonchev–Trinajstić information content (AvgIpc) is 2.30. The van der Waals surface area contributed by atoms with Gasteiger partial charge < -0.3 is 5.73 Å². The zero-order chi connectivity index (χ0) is 11.8. The van der Waals surface area contributed by atoms with Crippen molar-refractivity contribution in [2.45, 2.75) is 18.9 Å². The van der Waals surface area contributed by atoms with Crippen molar-refractivity contribution in [1.82, 2.24) is 0 Å². The summed E-state index contributed by atoms with van der Waals surface area (Å²) in [7, 11) is 0. The van der Waals surface area contributed by atoms with Gasteiger partial charge in [0.2, 0.25) is 0 Å². The number of carbonyl (C=O) groups is 1. The third kappa shape index (κ3) is 4.04. The fourth-order valence-corrected chi connectivity index (χ4v) is 1.37. The second kappa shape index (κ2) is 6.50. The molecule has 2 amide bonds. The highest BCUT2D eigenvalue weighted by atomic mass is 16.2. The van der Waals surface area contributed by atoms with Crippen molar-refractivity contribution in [1.29, 1.82) is 0 Å². The standard InChI is InChI=1S/C12H15N3O/c1-2-3-9-11(14-15-12(13)16)10-7-5-4-6-8-10/h2,4-8,11H,1,3,9H2,(H2,13,16). The van der Waals surface area contributed by atoms with Gasteiger partial charge in [0.25, 0.3) is 0 Å². The van der Waals surface area contributed by atoms with Gasteiger partial charge in [0.05, 0.1) is 6.04 Å². The molecule has 0 aromatic heterocycles. The van der Waals surface area contributed by atoms with Crippen LogP contribution in [0.4, 0.5) is 4.79 Å². The minimum absolute atomic E-state index is 0.133. The van der Waals surface area contributed by atoms with Gasteiger partial charge in [-0.2, -0.15) is 5.11 Å². The summed E-state index contributed by atoms with van der Waals surface area (Å²) >= 11 is 0. The Bertz CT molecular complexity index is 373. The van der Waals surface area contributed by atoms with E-state index in [2.05, 4.69) is 16.8 Å². The number of allylic oxidation sites excluding steroid dienone is 1. The number of carbonyl (C=O) groups excluding carboxylic acids is 1. The van der Waals surface area contributed by atoms with Crippen LogP contribution >= 0.6 is 0 Å². The SMILES string of the molecule is C=CCCC(N=NC(N)=O)c1ccccc1. The molecule has 4 heteroatoms. The van der Waals surface area contributed by atoms with E-state index in [4.69, 9.17) is 5.73 Å². The van der Waals surface area contributed by atoms with E-state index in [1.54, 1.807) is 0 Å². The monoisotopic (exact) mass is 217 g/mol. The molecule has 0 saturated carbocycles. The molecule has 0 aliphatic rings. The van der Waals surface area contributed by atoms with E-state index < -0.39 is 6.03 Å². The first-order valence-corrected chi connectivity index (χ1v) is 5.10. The molecule has 1 atom stereocenters. The maximum atomic E-state index is 10.6. The molecule has 16 heavy (non-hydrogen) atoms. The Labute approximate surface area is 94.9 Å². The Morgan fingerprint density at radius 1 is 1.44 bits per heavy atom. The third-order valence-electron chi connectivity index (χ3n) is 2.12. The predicted octanol–water partition coefficient (Wildman–Crippen LogP) is 3.22. The van der Waals surface area contributed by atoms with E-state index in [1.807, 2.05) is 36.4 Å². The maximum Gasteiger partial charge on any atom is 0.356 e. The van der Waals surface area contributed by atoms with Crippen LogP contribution < -0.4 is 5.73 Å². The van der Waals surface area contributed by atoms with Crippen molar-refractivity contribution >= 4 is 6.03 Å². The van der Waals surface area contributed by atoms with Crippen molar-refractivity contribution in [3.05, 3.63) is 48.6 Å². The molecule has 0 heterocycles. The Hall–Kier alpha value is -1.97. The number of azo groups is 1. The van der Waals surface area contributed by atoms with Crippen LogP contribution in [0.1, 0.15) is 24.4 Å². The lowest BCUT2D eigenvalue weighted by atomic mass is 10.0. The quantitative estimate of drug-likeness (QED) is 0.597. The van der Waals surface area contributed by atoms with E-state index >= 15 is 0 Å². The number of urea groups is 1. The van der Waals surface area contributed by atoms with Crippen LogP contribution in [0.15, 0.2) is 53.2 Å². The molecular formula is C12H15N3O. The van der Waals surface area contributed by atoms with Gasteiger partial charge in [-0.25, -0.2) is 4.79 Å². The molecule has 1 aromatic carbocycles. The summed E-state index contributed by atoms with van der Waals surface area (Å²) in [6.07, 6.45) is 3.40. The lowest BCUT2D eigenvalue weighted by Gasteiger charge is -2.09. The van der Waals surface area contributed by atoms with Crippen LogP contribution in [0.25, 0.3) is 0 Å². The minimum atomic E-state index is -0.764. The van der Waals surface area contributed by atoms with E-state index in [-0.39, 0.29) is 6.04 Å². The molecule has 0 bridgehead atoms. The summed E-state index contributed by atoms with van der Waals surface area (Å²) in [5.74, 6) is 0. The highest BCUT2D eigenvalue weighted by molar-refractivity contribution is 5.71. The van der Waals surface area contributed by atoms with Crippen molar-refractivity contribution in [2.75, 3.05) is 0 Å². The van der Waals surface area contributed by atoms with Gasteiger partial charge in [-0.3, -0.25) is 0 Å². The molecule has 84 valence electrons. The number of nitrogens with zero attached hydrogens (tertiary/aromatic N) is 2. The van der Waals surface area contributed by atoms with Crippen LogP contribution in [-0.2, 0) is 0 Å². The Morgan fingerprint density at radius 3 is 2.69 bits per heavy atom. The first-order chi connectivity index (χ1) is 7.74. The van der Waals surface area contributed by atoms with E-state index in [0.29, 0.717) is 0 Å². The molecule has 0 radical (unpaired) electrons. The largest absolute Gasteiger partial charge is 0.356 e. The number of amides is 2. The smallest absolute Gasteiger partial charge is 0.348 e. The van der Waals surface area contributed by atoms with Gasteiger partial charge in [-0.1, -0.05) is 41.5 Å². The van der Waals surface area contributed by atoms with Crippen molar-refractivity contribution in [3.8, 4) is 0 Å². The molecule has 4 nitrogen and oxygen atoms in total. The molecule has 2 N–H and O–H groups in total. The molecule has 0 spiro atoms. The Balaban J connectivity index is 2.78. The molecule has 0 saturated heterocycles. The number of hydrogen-bond donors (Lipinski definition) is 1. The topological polar surface area (TPSA) is 67.8 Å². The predicted molar refractivity (Wildman–Crippen MR) is 63.1 cm³/mol. The second-order valence-corrected chi connectivity index (χ2v) is 3.35. The lowest BCUT2D eigenvalue weighted by Crippen LogP contribution is -2.04. The fourth-order valence-electron chi connectivity index (χ4n) is 1.37. The number of rotatable bonds is 5. The molecule has 0 aliphatic carbocycles. The highest BCUT2D eigenvalue weighted by Crippen LogP contribution is 2.22. The number of primary amides is 1. The van der Waals surface area contributed by atoms with Gasteiger partial charge in [-0.15, -0.1) is 6.58 Å². The van der Waals surface area contributed by atoms with Gasteiger partial charge in [-0.05, 0) is 18.4 Å². The van der Waals surface area contributed by atoms with Gasteiger partial charge in [0.15, 0.2) is 0 Å². The fraction of sp³-hybridized carbons (Fsp3) is 0.250. The zero-order valence-electron chi connectivity index (χ0n) is 9.04.